The van der Waals surface area contributed by atoms with E-state index in [4.69, 9.17) is 16.3 Å². The molecule has 29 heavy (non-hydrogen) atoms. The number of nitrogens with one attached hydrogen (secondary N) is 2. The molecular weight excluding hydrogens is 401 g/mol. The van der Waals surface area contributed by atoms with Gasteiger partial charge in [-0.15, -0.1) is 0 Å². The number of carbonyl (C=O) groups excluding carboxylic acids is 3. The third kappa shape index (κ3) is 4.65. The highest BCUT2D eigenvalue weighted by Crippen LogP contribution is 2.28. The number of carbonyl (C=O) groups is 3. The predicted molar refractivity (Wildman–Crippen MR) is 104 cm³/mol. The minimum Gasteiger partial charge on any atom is -0.492 e. The second-order valence-corrected chi connectivity index (χ2v) is 7.04. The summed E-state index contributed by atoms with van der Waals surface area (Å²) in [4.78, 5) is 37.9. The number of rotatable bonds is 7. The van der Waals surface area contributed by atoms with E-state index in [0.717, 1.165) is 4.90 Å². The van der Waals surface area contributed by atoms with Gasteiger partial charge in [-0.1, -0.05) is 23.7 Å². The van der Waals surface area contributed by atoms with Gasteiger partial charge in [-0.25, -0.2) is 9.18 Å². The summed E-state index contributed by atoms with van der Waals surface area (Å²) in [7, 11) is 0. The monoisotopic (exact) mass is 419 g/mol. The fourth-order valence-electron chi connectivity index (χ4n) is 2.91. The van der Waals surface area contributed by atoms with Gasteiger partial charge in [0.05, 0.1) is 6.54 Å². The van der Waals surface area contributed by atoms with Gasteiger partial charge in [-0.2, -0.15) is 0 Å². The van der Waals surface area contributed by atoms with Gasteiger partial charge >= 0.3 is 6.03 Å². The van der Waals surface area contributed by atoms with Crippen LogP contribution in [0.3, 0.4) is 0 Å². The Morgan fingerprint density at radius 3 is 2.48 bits per heavy atom. The molecule has 1 atom stereocenters. The summed E-state index contributed by atoms with van der Waals surface area (Å²) in [5.41, 5.74) is -0.931. The molecule has 1 unspecified atom stereocenters. The molecule has 152 valence electrons. The first kappa shape index (κ1) is 20.6. The molecule has 0 radical (unpaired) electrons. The van der Waals surface area contributed by atoms with Crippen LogP contribution in [-0.4, -0.2) is 42.4 Å². The van der Waals surface area contributed by atoms with Crippen LogP contribution in [0.2, 0.25) is 5.02 Å². The Morgan fingerprint density at radius 2 is 1.83 bits per heavy atom. The Kier molecular flexibility index (Phi) is 6.03. The lowest BCUT2D eigenvalue weighted by molar-refractivity contribution is -0.134. The minimum atomic E-state index is -1.36. The van der Waals surface area contributed by atoms with Crippen molar-refractivity contribution in [3.63, 3.8) is 0 Å². The molecule has 1 aliphatic rings. The number of ether oxygens (including phenoxy) is 1. The van der Waals surface area contributed by atoms with E-state index in [2.05, 4.69) is 10.6 Å². The van der Waals surface area contributed by atoms with Gasteiger partial charge in [-0.3, -0.25) is 14.5 Å². The third-order valence-corrected chi connectivity index (χ3v) is 4.76. The molecular formula is C20H19ClFN3O4. The van der Waals surface area contributed by atoms with Crippen molar-refractivity contribution in [2.45, 2.75) is 12.5 Å². The summed E-state index contributed by atoms with van der Waals surface area (Å²) >= 11 is 5.79. The number of nitrogens with zero attached hydrogens (tertiary/aromatic N) is 1. The molecule has 2 aromatic rings. The van der Waals surface area contributed by atoms with Gasteiger partial charge in [0.15, 0.2) is 0 Å². The molecule has 3 rings (SSSR count). The van der Waals surface area contributed by atoms with Crippen molar-refractivity contribution in [3.05, 3.63) is 64.9 Å². The van der Waals surface area contributed by atoms with E-state index in [1.807, 2.05) is 0 Å². The molecule has 2 N–H and O–H groups in total. The fourth-order valence-corrected chi connectivity index (χ4v) is 3.04. The summed E-state index contributed by atoms with van der Waals surface area (Å²) in [6, 6.07) is 11.3. The molecule has 7 nitrogen and oxygen atoms in total. The van der Waals surface area contributed by atoms with E-state index in [1.165, 1.54) is 31.2 Å². The highest BCUT2D eigenvalue weighted by atomic mass is 35.5. The zero-order valence-electron chi connectivity index (χ0n) is 15.6. The van der Waals surface area contributed by atoms with Crippen molar-refractivity contribution in [2.24, 2.45) is 0 Å². The first-order chi connectivity index (χ1) is 13.8. The molecule has 1 aliphatic heterocycles. The standard InChI is InChI=1S/C20H19ClFN3O4/c1-20(13-2-6-15(22)7-3-13)18(27)25(19(28)24-20)12-17(26)23-10-11-29-16-8-4-14(21)5-9-16/h2-9H,10-12H2,1H3,(H,23,26)(H,24,28). The molecule has 0 spiro atoms. The van der Waals surface area contributed by atoms with Crippen LogP contribution in [0.25, 0.3) is 0 Å². The summed E-state index contributed by atoms with van der Waals surface area (Å²) in [5, 5.41) is 5.75. The van der Waals surface area contributed by atoms with Crippen LogP contribution >= 0.6 is 11.6 Å². The number of urea groups is 1. The van der Waals surface area contributed by atoms with E-state index >= 15 is 0 Å². The quantitative estimate of drug-likeness (QED) is 0.533. The van der Waals surface area contributed by atoms with Crippen molar-refractivity contribution in [3.8, 4) is 5.75 Å². The highest BCUT2D eigenvalue weighted by Gasteiger charge is 2.49. The maximum absolute atomic E-state index is 13.1. The number of halogens is 2. The fraction of sp³-hybridized carbons (Fsp3) is 0.250. The molecule has 0 bridgehead atoms. The lowest BCUT2D eigenvalue weighted by atomic mass is 9.92. The van der Waals surface area contributed by atoms with Crippen LogP contribution in [0.15, 0.2) is 48.5 Å². The zero-order chi connectivity index (χ0) is 21.0. The van der Waals surface area contributed by atoms with Crippen molar-refractivity contribution in [1.29, 1.82) is 0 Å². The van der Waals surface area contributed by atoms with E-state index in [-0.39, 0.29) is 13.2 Å². The highest BCUT2D eigenvalue weighted by molar-refractivity contribution is 6.30. The molecule has 0 saturated carbocycles. The minimum absolute atomic E-state index is 0.195. The summed E-state index contributed by atoms with van der Waals surface area (Å²) in [5.74, 6) is -0.933. The third-order valence-electron chi connectivity index (χ3n) is 4.50. The Labute approximate surface area is 171 Å². The number of benzene rings is 2. The smallest absolute Gasteiger partial charge is 0.325 e. The number of amides is 4. The summed E-state index contributed by atoms with van der Waals surface area (Å²) in [6.07, 6.45) is 0. The number of imide groups is 1. The Morgan fingerprint density at radius 1 is 1.17 bits per heavy atom. The maximum atomic E-state index is 13.1. The predicted octanol–water partition coefficient (Wildman–Crippen LogP) is 2.44. The second-order valence-electron chi connectivity index (χ2n) is 6.61. The summed E-state index contributed by atoms with van der Waals surface area (Å²) < 4.78 is 18.6. The zero-order valence-corrected chi connectivity index (χ0v) is 16.3. The van der Waals surface area contributed by atoms with Crippen LogP contribution in [0.1, 0.15) is 12.5 Å². The van der Waals surface area contributed by atoms with E-state index < -0.39 is 35.7 Å². The van der Waals surface area contributed by atoms with E-state index in [0.29, 0.717) is 16.3 Å². The molecule has 0 aromatic heterocycles. The average molecular weight is 420 g/mol. The van der Waals surface area contributed by atoms with E-state index in [1.54, 1.807) is 24.3 Å². The van der Waals surface area contributed by atoms with E-state index in [9.17, 15) is 18.8 Å². The van der Waals surface area contributed by atoms with Gasteiger partial charge in [-0.05, 0) is 48.9 Å². The van der Waals surface area contributed by atoms with Gasteiger partial charge in [0.25, 0.3) is 5.91 Å². The molecule has 1 heterocycles. The van der Waals surface area contributed by atoms with Crippen LogP contribution in [0, 0.1) is 5.82 Å². The normalized spacial score (nSPS) is 18.5. The summed E-state index contributed by atoms with van der Waals surface area (Å²) in [6.45, 7) is 1.49. The maximum Gasteiger partial charge on any atom is 0.325 e. The second kappa shape index (κ2) is 8.48. The van der Waals surface area contributed by atoms with Crippen molar-refractivity contribution in [2.75, 3.05) is 19.7 Å². The Balaban J connectivity index is 1.52. The van der Waals surface area contributed by atoms with Gasteiger partial charge in [0.1, 0.15) is 30.3 Å². The molecule has 2 aromatic carbocycles. The lowest BCUT2D eigenvalue weighted by Gasteiger charge is -2.22. The Hall–Kier alpha value is -3.13. The van der Waals surface area contributed by atoms with Crippen LogP contribution in [0.4, 0.5) is 9.18 Å². The molecule has 1 saturated heterocycles. The van der Waals surface area contributed by atoms with Crippen molar-refractivity contribution in [1.82, 2.24) is 15.5 Å². The largest absolute Gasteiger partial charge is 0.492 e. The molecule has 4 amide bonds. The Bertz CT molecular complexity index is 920. The van der Waals surface area contributed by atoms with Gasteiger partial charge in [0, 0.05) is 5.02 Å². The van der Waals surface area contributed by atoms with Gasteiger partial charge in [0.2, 0.25) is 5.91 Å². The molecule has 1 fully saturated rings. The number of hydrogen-bond acceptors (Lipinski definition) is 4. The van der Waals surface area contributed by atoms with Crippen LogP contribution < -0.4 is 15.4 Å². The van der Waals surface area contributed by atoms with Crippen molar-refractivity contribution < 1.29 is 23.5 Å². The van der Waals surface area contributed by atoms with Crippen molar-refractivity contribution >= 4 is 29.4 Å². The molecule has 9 heteroatoms. The average Bonchev–Trinajstić information content (AvgIpc) is 2.91. The lowest BCUT2D eigenvalue weighted by Crippen LogP contribution is -2.43. The van der Waals surface area contributed by atoms with Crippen LogP contribution in [0.5, 0.6) is 5.75 Å². The first-order valence-corrected chi connectivity index (χ1v) is 9.22. The van der Waals surface area contributed by atoms with Gasteiger partial charge < -0.3 is 15.4 Å². The molecule has 0 aliphatic carbocycles. The van der Waals surface area contributed by atoms with Crippen LogP contribution in [-0.2, 0) is 15.1 Å². The SMILES string of the molecule is CC1(c2ccc(F)cc2)NC(=O)N(CC(=O)NCCOc2ccc(Cl)cc2)C1=O. The number of hydrogen-bond donors (Lipinski definition) is 2. The first-order valence-electron chi connectivity index (χ1n) is 8.85. The topological polar surface area (TPSA) is 87.7 Å².